The number of para-hydroxylation sites is 1. The predicted molar refractivity (Wildman–Crippen MR) is 183 cm³/mol. The quantitative estimate of drug-likeness (QED) is 0.215. The Bertz CT molecular complexity index is 1750. The number of ketones is 1. The van der Waals surface area contributed by atoms with Crippen LogP contribution in [0.15, 0.2) is 91.0 Å². The van der Waals surface area contributed by atoms with Gasteiger partial charge >= 0.3 is 5.97 Å². The van der Waals surface area contributed by atoms with E-state index < -0.39 is 23.5 Å². The molecule has 3 aliphatic rings. The van der Waals surface area contributed by atoms with Crippen molar-refractivity contribution in [3.8, 4) is 16.3 Å². The second-order valence-corrected chi connectivity index (χ2v) is 14.4. The third kappa shape index (κ3) is 6.75. The molecule has 7 nitrogen and oxygen atoms in total. The molecule has 1 saturated heterocycles. The summed E-state index contributed by atoms with van der Waals surface area (Å²) in [7, 11) is 0. The summed E-state index contributed by atoms with van der Waals surface area (Å²) in [5.41, 5.74) is 3.12. The Labute approximate surface area is 279 Å². The van der Waals surface area contributed by atoms with E-state index >= 15 is 0 Å². The van der Waals surface area contributed by atoms with E-state index in [1.807, 2.05) is 48.5 Å². The van der Waals surface area contributed by atoms with Crippen molar-refractivity contribution in [2.24, 2.45) is 17.3 Å². The number of aromatic nitrogens is 1. The average Bonchev–Trinajstić information content (AvgIpc) is 3.39. The summed E-state index contributed by atoms with van der Waals surface area (Å²) in [6.07, 6.45) is 9.45. The predicted octanol–water partition coefficient (Wildman–Crippen LogP) is 7.74. The van der Waals surface area contributed by atoms with Crippen molar-refractivity contribution in [2.75, 3.05) is 6.54 Å². The van der Waals surface area contributed by atoms with Crippen LogP contribution in [0.2, 0.25) is 0 Å². The van der Waals surface area contributed by atoms with Crippen molar-refractivity contribution in [2.45, 2.75) is 69.9 Å². The van der Waals surface area contributed by atoms with Crippen molar-refractivity contribution in [3.05, 3.63) is 96.6 Å². The maximum Gasteiger partial charge on any atom is 0.310 e. The number of Topliss-reactive ketones (excluding diaryl/α,β-unsaturated/α-hetero) is 1. The van der Waals surface area contributed by atoms with Gasteiger partial charge in [-0.3, -0.25) is 14.4 Å². The second kappa shape index (κ2) is 13.4. The smallest absolute Gasteiger partial charge is 0.310 e. The third-order valence-corrected chi connectivity index (χ3v) is 11.1. The highest BCUT2D eigenvalue weighted by Gasteiger charge is 2.61. The molecule has 0 spiro atoms. The van der Waals surface area contributed by atoms with Crippen LogP contribution in [0.3, 0.4) is 0 Å². The number of benzene rings is 3. The Kier molecular flexibility index (Phi) is 8.95. The van der Waals surface area contributed by atoms with Crippen molar-refractivity contribution >= 4 is 39.2 Å². The van der Waals surface area contributed by atoms with E-state index in [-0.39, 0.29) is 36.5 Å². The SMILES string of the molecule is O=C1C[C@]2(C(=O)O)C[C@H]2/C=C\CCCCC[C@H](Cc2ccc(-c3ccccc3)cc2)C(=O)N2C[C@H](Oc3nc4ccccc4s3)C[C@@H]12. The molecule has 0 bridgehead atoms. The third-order valence-electron chi connectivity index (χ3n) is 10.2. The number of thiazole rings is 1. The van der Waals surface area contributed by atoms with Gasteiger partial charge < -0.3 is 14.7 Å². The molecule has 7 rings (SSSR count). The number of nitrogens with zero attached hydrogens (tertiary/aromatic N) is 2. The number of rotatable bonds is 6. The number of aliphatic carboxylic acids is 1. The molecular weight excluding hydrogens is 609 g/mol. The van der Waals surface area contributed by atoms with E-state index in [0.29, 0.717) is 24.5 Å². The lowest BCUT2D eigenvalue weighted by Crippen LogP contribution is -2.45. The van der Waals surface area contributed by atoms with Gasteiger partial charge in [-0.15, -0.1) is 0 Å². The molecule has 1 N–H and O–H groups in total. The van der Waals surface area contributed by atoms with Crippen LogP contribution in [0.4, 0.5) is 0 Å². The van der Waals surface area contributed by atoms with Crippen LogP contribution < -0.4 is 4.74 Å². The number of fused-ring (bicyclic) bond motifs is 3. The molecule has 1 saturated carbocycles. The fourth-order valence-corrected chi connectivity index (χ4v) is 8.28. The Balaban J connectivity index is 1.16. The summed E-state index contributed by atoms with van der Waals surface area (Å²) < 4.78 is 7.36. The largest absolute Gasteiger partial charge is 0.481 e. The van der Waals surface area contributed by atoms with Crippen molar-refractivity contribution in [1.29, 1.82) is 0 Å². The molecule has 47 heavy (non-hydrogen) atoms. The van der Waals surface area contributed by atoms with Gasteiger partial charge in [-0.2, -0.15) is 0 Å². The zero-order valence-corrected chi connectivity index (χ0v) is 27.2. The van der Waals surface area contributed by atoms with Crippen molar-refractivity contribution in [3.63, 3.8) is 0 Å². The molecule has 242 valence electrons. The highest BCUT2D eigenvalue weighted by molar-refractivity contribution is 7.20. The number of carbonyl (C=O) groups excluding carboxylic acids is 2. The number of carboxylic acids is 1. The minimum Gasteiger partial charge on any atom is -0.481 e. The molecule has 2 fully saturated rings. The Morgan fingerprint density at radius 1 is 0.957 bits per heavy atom. The minimum atomic E-state index is -1.09. The van der Waals surface area contributed by atoms with Gasteiger partial charge in [0, 0.05) is 18.8 Å². The highest BCUT2D eigenvalue weighted by atomic mass is 32.1. The first kappa shape index (κ1) is 31.3. The molecular formula is C39H40N2O5S. The number of hydrogen-bond donors (Lipinski definition) is 1. The van der Waals surface area contributed by atoms with E-state index in [0.717, 1.165) is 59.0 Å². The van der Waals surface area contributed by atoms with Gasteiger partial charge in [0.15, 0.2) is 5.78 Å². The van der Waals surface area contributed by atoms with Crippen LogP contribution in [0.25, 0.3) is 21.3 Å². The Hall–Kier alpha value is -4.30. The van der Waals surface area contributed by atoms with E-state index in [9.17, 15) is 19.5 Å². The summed E-state index contributed by atoms with van der Waals surface area (Å²) >= 11 is 1.45. The highest BCUT2D eigenvalue weighted by Crippen LogP contribution is 2.57. The number of amides is 1. The average molecular weight is 649 g/mol. The monoisotopic (exact) mass is 648 g/mol. The maximum atomic E-state index is 14.5. The second-order valence-electron chi connectivity index (χ2n) is 13.4. The van der Waals surface area contributed by atoms with E-state index in [1.54, 1.807) is 4.90 Å². The molecule has 8 heteroatoms. The van der Waals surface area contributed by atoms with Crippen LogP contribution in [0.1, 0.15) is 56.9 Å². The van der Waals surface area contributed by atoms with E-state index in [2.05, 4.69) is 47.5 Å². The van der Waals surface area contributed by atoms with Crippen LogP contribution >= 0.6 is 11.3 Å². The summed E-state index contributed by atoms with van der Waals surface area (Å²) in [4.78, 5) is 47.4. The van der Waals surface area contributed by atoms with Crippen LogP contribution in [0.5, 0.6) is 5.19 Å². The lowest BCUT2D eigenvalue weighted by atomic mass is 9.90. The normalized spacial score (nSPS) is 27.4. The van der Waals surface area contributed by atoms with Gasteiger partial charge in [0.2, 0.25) is 5.91 Å². The first-order valence-electron chi connectivity index (χ1n) is 16.8. The molecule has 3 heterocycles. The molecule has 1 amide bonds. The molecule has 1 aliphatic carbocycles. The van der Waals surface area contributed by atoms with Gasteiger partial charge in [-0.25, -0.2) is 4.98 Å². The number of carboxylic acid groups (broad SMARTS) is 1. The first-order valence-corrected chi connectivity index (χ1v) is 17.6. The summed E-state index contributed by atoms with van der Waals surface area (Å²) in [6.45, 7) is 0.276. The number of allylic oxidation sites excluding steroid dienone is 2. The fraction of sp³-hybridized carbons (Fsp3) is 0.385. The fourth-order valence-electron chi connectivity index (χ4n) is 7.40. The molecule has 3 aromatic carbocycles. The summed E-state index contributed by atoms with van der Waals surface area (Å²) in [5.74, 6) is -1.61. The molecule has 0 unspecified atom stereocenters. The zero-order chi connectivity index (χ0) is 32.4. The zero-order valence-electron chi connectivity index (χ0n) is 26.4. The Morgan fingerprint density at radius 2 is 1.72 bits per heavy atom. The number of carbonyl (C=O) groups is 3. The molecule has 1 aromatic heterocycles. The minimum absolute atomic E-state index is 0.0457. The van der Waals surface area contributed by atoms with Crippen LogP contribution in [0, 0.1) is 17.3 Å². The van der Waals surface area contributed by atoms with Crippen molar-refractivity contribution in [1.82, 2.24) is 9.88 Å². The summed E-state index contributed by atoms with van der Waals surface area (Å²) in [6, 6.07) is 25.7. The van der Waals surface area contributed by atoms with Crippen LogP contribution in [-0.2, 0) is 20.8 Å². The topological polar surface area (TPSA) is 96.8 Å². The number of hydrogen-bond acceptors (Lipinski definition) is 6. The van der Waals surface area contributed by atoms with Gasteiger partial charge in [0.05, 0.1) is 28.2 Å². The van der Waals surface area contributed by atoms with Gasteiger partial charge in [0.25, 0.3) is 5.19 Å². The molecule has 0 radical (unpaired) electrons. The summed E-state index contributed by atoms with van der Waals surface area (Å²) in [5, 5.41) is 10.7. The Morgan fingerprint density at radius 3 is 2.51 bits per heavy atom. The number of ether oxygens (including phenoxy) is 1. The van der Waals surface area contributed by atoms with Gasteiger partial charge in [-0.1, -0.05) is 103 Å². The first-order chi connectivity index (χ1) is 22.9. The molecule has 2 aliphatic heterocycles. The standard InChI is InChI=1S/C39H40N2O5S/c42-34-24-39(37(44)45)23-30(39)14-8-3-1-2-5-13-29(21-26-17-19-28(20-18-26)27-11-6-4-7-12-27)36(43)41-25-31(22-33(34)41)46-38-40-32-15-9-10-16-35(32)47-38/h4,6-12,14-20,29-31,33H,1-3,5,13,21-25H2,(H,44,45)/b14-8-/t29-,30-,31-,33+,39-/m1/s1. The van der Waals surface area contributed by atoms with Gasteiger partial charge in [0.1, 0.15) is 6.10 Å². The van der Waals surface area contributed by atoms with Crippen molar-refractivity contribution < 1.29 is 24.2 Å². The van der Waals surface area contributed by atoms with E-state index in [1.165, 1.54) is 11.3 Å². The van der Waals surface area contributed by atoms with Gasteiger partial charge in [-0.05, 0) is 66.8 Å². The molecule has 5 atom stereocenters. The maximum absolute atomic E-state index is 14.5. The molecule has 4 aromatic rings. The van der Waals surface area contributed by atoms with E-state index in [4.69, 9.17) is 4.74 Å². The lowest BCUT2D eigenvalue weighted by Gasteiger charge is -2.29. The van der Waals surface area contributed by atoms with Crippen LogP contribution in [-0.4, -0.2) is 51.3 Å². The lowest BCUT2D eigenvalue weighted by molar-refractivity contribution is -0.147.